The van der Waals surface area contributed by atoms with Gasteiger partial charge in [-0.15, -0.1) is 0 Å². The molecular formula is C21H21NO3. The average molecular weight is 335 g/mol. The van der Waals surface area contributed by atoms with Gasteiger partial charge in [0.05, 0.1) is 13.2 Å². The van der Waals surface area contributed by atoms with Crippen molar-refractivity contribution in [3.05, 3.63) is 78.4 Å². The molecule has 0 spiro atoms. The van der Waals surface area contributed by atoms with E-state index in [9.17, 15) is 4.79 Å². The van der Waals surface area contributed by atoms with Crippen molar-refractivity contribution >= 4 is 16.7 Å². The summed E-state index contributed by atoms with van der Waals surface area (Å²) in [7, 11) is 0. The fourth-order valence-electron chi connectivity index (χ4n) is 2.54. The third-order valence-electron chi connectivity index (χ3n) is 3.79. The highest BCUT2D eigenvalue weighted by molar-refractivity contribution is 5.88. The lowest BCUT2D eigenvalue weighted by Gasteiger charge is -2.10. The van der Waals surface area contributed by atoms with Crippen LogP contribution in [0.2, 0.25) is 0 Å². The van der Waals surface area contributed by atoms with Crippen LogP contribution in [0.1, 0.15) is 5.56 Å². The van der Waals surface area contributed by atoms with E-state index < -0.39 is 0 Å². The SMILES string of the molecule is O=C(COc1cccc2ccccc12)NCCOCc1ccccc1. The number of carbonyl (C=O) groups excluding carboxylic acids is 1. The van der Waals surface area contributed by atoms with Crippen LogP contribution < -0.4 is 10.1 Å². The first-order chi connectivity index (χ1) is 12.3. The van der Waals surface area contributed by atoms with Gasteiger partial charge in [-0.1, -0.05) is 66.7 Å². The third kappa shape index (κ3) is 5.06. The topological polar surface area (TPSA) is 47.6 Å². The molecule has 1 amide bonds. The number of amides is 1. The largest absolute Gasteiger partial charge is 0.483 e. The highest BCUT2D eigenvalue weighted by atomic mass is 16.5. The normalized spacial score (nSPS) is 10.6. The number of rotatable bonds is 8. The highest BCUT2D eigenvalue weighted by Gasteiger charge is 2.05. The van der Waals surface area contributed by atoms with Crippen molar-refractivity contribution in [2.45, 2.75) is 6.61 Å². The molecule has 4 heteroatoms. The van der Waals surface area contributed by atoms with Gasteiger partial charge in [-0.05, 0) is 17.0 Å². The zero-order valence-electron chi connectivity index (χ0n) is 14.0. The Bertz CT molecular complexity index is 812. The van der Waals surface area contributed by atoms with Gasteiger partial charge in [-0.2, -0.15) is 0 Å². The van der Waals surface area contributed by atoms with Crippen molar-refractivity contribution in [1.29, 1.82) is 0 Å². The van der Waals surface area contributed by atoms with E-state index in [0.29, 0.717) is 25.5 Å². The van der Waals surface area contributed by atoms with Gasteiger partial charge in [0.25, 0.3) is 5.91 Å². The van der Waals surface area contributed by atoms with Crippen LogP contribution in [0.25, 0.3) is 10.8 Å². The molecule has 0 saturated heterocycles. The average Bonchev–Trinajstić information content (AvgIpc) is 2.67. The minimum absolute atomic E-state index is 0.00725. The van der Waals surface area contributed by atoms with Gasteiger partial charge >= 0.3 is 0 Å². The van der Waals surface area contributed by atoms with Gasteiger partial charge in [0, 0.05) is 11.9 Å². The molecule has 0 heterocycles. The first kappa shape index (κ1) is 17.0. The Labute approximate surface area is 147 Å². The zero-order valence-corrected chi connectivity index (χ0v) is 14.0. The molecule has 0 fully saturated rings. The van der Waals surface area contributed by atoms with Crippen LogP contribution >= 0.6 is 0 Å². The van der Waals surface area contributed by atoms with Crippen LogP contribution in [-0.4, -0.2) is 25.7 Å². The van der Waals surface area contributed by atoms with E-state index in [-0.39, 0.29) is 12.5 Å². The Morgan fingerprint density at radius 1 is 0.880 bits per heavy atom. The number of ether oxygens (including phenoxy) is 2. The summed E-state index contributed by atoms with van der Waals surface area (Å²) in [6, 6.07) is 23.7. The molecule has 0 aliphatic rings. The number of carbonyl (C=O) groups is 1. The Hall–Kier alpha value is -2.85. The highest BCUT2D eigenvalue weighted by Crippen LogP contribution is 2.24. The predicted octanol–water partition coefficient (Wildman–Crippen LogP) is 3.55. The summed E-state index contributed by atoms with van der Waals surface area (Å²) < 4.78 is 11.2. The van der Waals surface area contributed by atoms with Gasteiger partial charge in [0.15, 0.2) is 6.61 Å². The Morgan fingerprint density at radius 3 is 2.52 bits per heavy atom. The van der Waals surface area contributed by atoms with E-state index in [1.165, 1.54) is 0 Å². The van der Waals surface area contributed by atoms with Crippen molar-refractivity contribution in [2.75, 3.05) is 19.8 Å². The minimum Gasteiger partial charge on any atom is -0.483 e. The lowest BCUT2D eigenvalue weighted by Crippen LogP contribution is -2.31. The van der Waals surface area contributed by atoms with E-state index in [2.05, 4.69) is 5.32 Å². The molecule has 4 nitrogen and oxygen atoms in total. The smallest absolute Gasteiger partial charge is 0.258 e. The van der Waals surface area contributed by atoms with Gasteiger partial charge in [0.2, 0.25) is 0 Å². The van der Waals surface area contributed by atoms with Gasteiger partial charge in [0.1, 0.15) is 5.75 Å². The summed E-state index contributed by atoms with van der Waals surface area (Å²) in [5, 5.41) is 4.89. The number of nitrogens with one attached hydrogen (secondary N) is 1. The second kappa shape index (κ2) is 8.85. The monoisotopic (exact) mass is 335 g/mol. The third-order valence-corrected chi connectivity index (χ3v) is 3.79. The summed E-state index contributed by atoms with van der Waals surface area (Å²) in [6.07, 6.45) is 0. The van der Waals surface area contributed by atoms with Crippen LogP contribution in [-0.2, 0) is 16.1 Å². The standard InChI is InChI=1S/C21H21NO3/c23-21(22-13-14-24-15-17-7-2-1-3-8-17)16-25-20-12-6-10-18-9-4-5-11-19(18)20/h1-12H,13-16H2,(H,22,23). The van der Waals surface area contributed by atoms with Gasteiger partial charge in [-0.25, -0.2) is 0 Å². The molecule has 0 aromatic heterocycles. The lowest BCUT2D eigenvalue weighted by molar-refractivity contribution is -0.123. The van der Waals surface area contributed by atoms with Crippen LogP contribution in [0.15, 0.2) is 72.8 Å². The first-order valence-corrected chi connectivity index (χ1v) is 8.32. The van der Waals surface area contributed by atoms with E-state index in [1.807, 2.05) is 72.8 Å². The zero-order chi connectivity index (χ0) is 17.3. The van der Waals surface area contributed by atoms with E-state index in [4.69, 9.17) is 9.47 Å². The number of hydrogen-bond donors (Lipinski definition) is 1. The Balaban J connectivity index is 1.38. The van der Waals surface area contributed by atoms with Crippen molar-refractivity contribution < 1.29 is 14.3 Å². The first-order valence-electron chi connectivity index (χ1n) is 8.32. The van der Waals surface area contributed by atoms with Crippen LogP contribution in [0.5, 0.6) is 5.75 Å². The summed E-state index contributed by atoms with van der Waals surface area (Å²) in [5.74, 6) is 0.560. The molecule has 0 aliphatic heterocycles. The molecule has 0 unspecified atom stereocenters. The second-order valence-electron chi connectivity index (χ2n) is 5.65. The Kier molecular flexibility index (Phi) is 6.01. The number of benzene rings is 3. The molecular weight excluding hydrogens is 314 g/mol. The lowest BCUT2D eigenvalue weighted by atomic mass is 10.1. The van der Waals surface area contributed by atoms with Crippen LogP contribution in [0.3, 0.4) is 0 Å². The molecule has 3 rings (SSSR count). The Morgan fingerprint density at radius 2 is 1.64 bits per heavy atom. The van der Waals surface area contributed by atoms with Crippen molar-refractivity contribution in [3.8, 4) is 5.75 Å². The number of hydrogen-bond acceptors (Lipinski definition) is 3. The van der Waals surface area contributed by atoms with Crippen LogP contribution in [0.4, 0.5) is 0 Å². The minimum atomic E-state index is -0.156. The fraction of sp³-hybridized carbons (Fsp3) is 0.190. The molecule has 3 aromatic carbocycles. The molecule has 3 aromatic rings. The maximum Gasteiger partial charge on any atom is 0.258 e. The summed E-state index contributed by atoms with van der Waals surface area (Å²) in [4.78, 5) is 11.9. The number of fused-ring (bicyclic) bond motifs is 1. The van der Waals surface area contributed by atoms with E-state index in [1.54, 1.807) is 0 Å². The molecule has 0 saturated carbocycles. The van der Waals surface area contributed by atoms with Crippen molar-refractivity contribution in [3.63, 3.8) is 0 Å². The van der Waals surface area contributed by atoms with Gasteiger partial charge in [-0.3, -0.25) is 4.79 Å². The summed E-state index contributed by atoms with van der Waals surface area (Å²) in [6.45, 7) is 1.47. The molecule has 0 bridgehead atoms. The van der Waals surface area contributed by atoms with E-state index >= 15 is 0 Å². The maximum absolute atomic E-state index is 11.9. The quantitative estimate of drug-likeness (QED) is 0.641. The van der Waals surface area contributed by atoms with E-state index in [0.717, 1.165) is 16.3 Å². The molecule has 25 heavy (non-hydrogen) atoms. The molecule has 128 valence electrons. The van der Waals surface area contributed by atoms with Crippen LogP contribution in [0, 0.1) is 0 Å². The van der Waals surface area contributed by atoms with Gasteiger partial charge < -0.3 is 14.8 Å². The summed E-state index contributed by atoms with van der Waals surface area (Å²) >= 11 is 0. The fourth-order valence-corrected chi connectivity index (χ4v) is 2.54. The van der Waals surface area contributed by atoms with Crippen molar-refractivity contribution in [1.82, 2.24) is 5.32 Å². The summed E-state index contributed by atoms with van der Waals surface area (Å²) in [5.41, 5.74) is 1.12. The maximum atomic E-state index is 11.9. The molecule has 1 N–H and O–H groups in total. The van der Waals surface area contributed by atoms with Crippen molar-refractivity contribution in [2.24, 2.45) is 0 Å². The molecule has 0 radical (unpaired) electrons. The predicted molar refractivity (Wildman–Crippen MR) is 98.6 cm³/mol. The molecule has 0 aliphatic carbocycles. The second-order valence-corrected chi connectivity index (χ2v) is 5.65. The molecule has 0 atom stereocenters.